The van der Waals surface area contributed by atoms with Gasteiger partial charge in [-0.15, -0.1) is 0 Å². The molecule has 0 heterocycles. The predicted molar refractivity (Wildman–Crippen MR) is 89.1 cm³/mol. The van der Waals surface area contributed by atoms with Gasteiger partial charge in [-0.1, -0.05) is 36.8 Å². The quantitative estimate of drug-likeness (QED) is 0.771. The van der Waals surface area contributed by atoms with Crippen molar-refractivity contribution in [1.82, 2.24) is 4.31 Å². The van der Waals surface area contributed by atoms with Crippen molar-refractivity contribution in [3.05, 3.63) is 28.8 Å². The summed E-state index contributed by atoms with van der Waals surface area (Å²) in [6.07, 6.45) is 2.95. The molecule has 1 aliphatic rings. The van der Waals surface area contributed by atoms with Gasteiger partial charge in [0.2, 0.25) is 10.0 Å². The Hall–Kier alpha value is -0.690. The molecule has 0 saturated heterocycles. The van der Waals surface area contributed by atoms with Gasteiger partial charge in [-0.05, 0) is 37.3 Å². The zero-order valence-electron chi connectivity index (χ0n) is 11.9. The van der Waals surface area contributed by atoms with Crippen LogP contribution in [0, 0.1) is 5.92 Å². The Morgan fingerprint density at radius 2 is 2.14 bits per heavy atom. The number of rotatable bonds is 7. The number of thiocarbonyl (C=S) groups is 1. The van der Waals surface area contributed by atoms with Crippen LogP contribution < -0.4 is 5.73 Å². The summed E-state index contributed by atoms with van der Waals surface area (Å²) in [7, 11) is -3.62. The average molecular weight is 347 g/mol. The van der Waals surface area contributed by atoms with Crippen molar-refractivity contribution in [2.75, 3.05) is 13.1 Å². The Morgan fingerprint density at radius 1 is 1.48 bits per heavy atom. The van der Waals surface area contributed by atoms with Crippen LogP contribution >= 0.6 is 23.8 Å². The molecule has 1 fully saturated rings. The fourth-order valence-corrected chi connectivity index (χ4v) is 4.38. The first-order valence-electron chi connectivity index (χ1n) is 6.95. The van der Waals surface area contributed by atoms with Crippen LogP contribution in [0.4, 0.5) is 0 Å². The molecule has 21 heavy (non-hydrogen) atoms. The van der Waals surface area contributed by atoms with Crippen molar-refractivity contribution in [3.63, 3.8) is 0 Å². The van der Waals surface area contributed by atoms with E-state index in [1.54, 1.807) is 6.07 Å². The van der Waals surface area contributed by atoms with Gasteiger partial charge in [-0.2, -0.15) is 4.31 Å². The molecule has 116 valence electrons. The van der Waals surface area contributed by atoms with Crippen LogP contribution in [-0.4, -0.2) is 30.8 Å². The van der Waals surface area contributed by atoms with E-state index in [1.165, 1.54) is 16.4 Å². The summed E-state index contributed by atoms with van der Waals surface area (Å²) >= 11 is 11.0. The topological polar surface area (TPSA) is 63.4 Å². The third-order valence-corrected chi connectivity index (χ3v) is 6.05. The monoisotopic (exact) mass is 346 g/mol. The van der Waals surface area contributed by atoms with Crippen LogP contribution in [0.3, 0.4) is 0 Å². The van der Waals surface area contributed by atoms with E-state index >= 15 is 0 Å². The van der Waals surface area contributed by atoms with Crippen molar-refractivity contribution >= 4 is 38.8 Å². The Bertz CT molecular complexity index is 642. The molecule has 0 aromatic heterocycles. The second-order valence-electron chi connectivity index (χ2n) is 5.32. The average Bonchev–Trinajstić information content (AvgIpc) is 3.22. The van der Waals surface area contributed by atoms with Gasteiger partial charge in [0.15, 0.2) is 0 Å². The molecule has 0 bridgehead atoms. The minimum absolute atomic E-state index is 0.0866. The maximum absolute atomic E-state index is 12.8. The molecule has 0 unspecified atom stereocenters. The number of halogens is 1. The van der Waals surface area contributed by atoms with E-state index in [0.29, 0.717) is 24.6 Å². The van der Waals surface area contributed by atoms with Crippen LogP contribution in [-0.2, 0) is 10.0 Å². The minimum atomic E-state index is -3.62. The van der Waals surface area contributed by atoms with Gasteiger partial charge >= 0.3 is 0 Å². The lowest BCUT2D eigenvalue weighted by molar-refractivity contribution is 0.395. The molecule has 0 spiro atoms. The van der Waals surface area contributed by atoms with Gasteiger partial charge in [0.1, 0.15) is 9.88 Å². The molecule has 1 aromatic rings. The molecular formula is C14H19ClN2O2S2. The summed E-state index contributed by atoms with van der Waals surface area (Å²) < 4.78 is 27.2. The maximum Gasteiger partial charge on any atom is 0.244 e. The molecule has 0 radical (unpaired) electrons. The van der Waals surface area contributed by atoms with Crippen molar-refractivity contribution < 1.29 is 8.42 Å². The third kappa shape index (κ3) is 3.94. The minimum Gasteiger partial charge on any atom is -0.389 e. The lowest BCUT2D eigenvalue weighted by Crippen LogP contribution is -2.34. The zero-order valence-corrected chi connectivity index (χ0v) is 14.3. The van der Waals surface area contributed by atoms with E-state index in [0.717, 1.165) is 19.3 Å². The highest BCUT2D eigenvalue weighted by atomic mass is 35.5. The predicted octanol–water partition coefficient (Wildman–Crippen LogP) is 2.78. The van der Waals surface area contributed by atoms with E-state index in [2.05, 4.69) is 0 Å². The molecule has 7 heteroatoms. The Balaban J connectivity index is 2.40. The van der Waals surface area contributed by atoms with E-state index in [-0.39, 0.29) is 14.9 Å². The summed E-state index contributed by atoms with van der Waals surface area (Å²) in [5, 5.41) is 0.201. The van der Waals surface area contributed by atoms with Crippen LogP contribution in [0.15, 0.2) is 23.1 Å². The molecule has 0 atom stereocenters. The molecule has 1 aromatic carbocycles. The van der Waals surface area contributed by atoms with Crippen LogP contribution in [0.25, 0.3) is 0 Å². The zero-order chi connectivity index (χ0) is 15.6. The normalized spacial score (nSPS) is 15.4. The first kappa shape index (κ1) is 16.7. The number of nitrogens with two attached hydrogens (primary N) is 1. The molecule has 1 saturated carbocycles. The van der Waals surface area contributed by atoms with Gasteiger partial charge < -0.3 is 5.73 Å². The van der Waals surface area contributed by atoms with E-state index < -0.39 is 10.0 Å². The summed E-state index contributed by atoms with van der Waals surface area (Å²) in [5.74, 6) is 0.476. The fourth-order valence-electron chi connectivity index (χ4n) is 2.14. The lowest BCUT2D eigenvalue weighted by atomic mass is 10.2. The summed E-state index contributed by atoms with van der Waals surface area (Å²) in [5.41, 5.74) is 6.09. The highest BCUT2D eigenvalue weighted by Gasteiger charge is 2.32. The molecule has 2 N–H and O–H groups in total. The maximum atomic E-state index is 12.8. The van der Waals surface area contributed by atoms with Gasteiger partial charge in [-0.25, -0.2) is 8.42 Å². The first-order chi connectivity index (χ1) is 9.86. The molecular weight excluding hydrogens is 328 g/mol. The molecule has 2 rings (SSSR count). The Morgan fingerprint density at radius 3 is 2.67 bits per heavy atom. The second kappa shape index (κ2) is 6.60. The summed E-state index contributed by atoms with van der Waals surface area (Å²) in [6.45, 7) is 3.01. The van der Waals surface area contributed by atoms with Gasteiger partial charge in [0, 0.05) is 18.7 Å². The Labute approximate surface area is 136 Å². The number of benzene rings is 1. The van der Waals surface area contributed by atoms with E-state index in [9.17, 15) is 8.42 Å². The number of sulfonamides is 1. The van der Waals surface area contributed by atoms with Gasteiger partial charge in [-0.3, -0.25) is 0 Å². The molecule has 4 nitrogen and oxygen atoms in total. The molecule has 0 amide bonds. The van der Waals surface area contributed by atoms with Crippen LogP contribution in [0.5, 0.6) is 0 Å². The third-order valence-electron chi connectivity index (χ3n) is 3.47. The fraction of sp³-hybridized carbons (Fsp3) is 0.500. The van der Waals surface area contributed by atoms with Crippen LogP contribution in [0.2, 0.25) is 5.02 Å². The van der Waals surface area contributed by atoms with Gasteiger partial charge in [0.25, 0.3) is 0 Å². The lowest BCUT2D eigenvalue weighted by Gasteiger charge is -2.22. The van der Waals surface area contributed by atoms with Crippen molar-refractivity contribution in [1.29, 1.82) is 0 Å². The number of nitrogens with zero attached hydrogens (tertiary/aromatic N) is 1. The van der Waals surface area contributed by atoms with E-state index in [4.69, 9.17) is 29.6 Å². The summed E-state index contributed by atoms with van der Waals surface area (Å²) in [4.78, 5) is 0.246. The molecule has 1 aliphatic carbocycles. The number of hydrogen-bond acceptors (Lipinski definition) is 3. The largest absolute Gasteiger partial charge is 0.389 e. The van der Waals surface area contributed by atoms with Gasteiger partial charge in [0.05, 0.1) is 5.02 Å². The first-order valence-corrected chi connectivity index (χ1v) is 9.18. The Kier molecular flexibility index (Phi) is 5.24. The van der Waals surface area contributed by atoms with Crippen molar-refractivity contribution in [2.24, 2.45) is 11.7 Å². The second-order valence-corrected chi connectivity index (χ2v) is 8.07. The smallest absolute Gasteiger partial charge is 0.244 e. The van der Waals surface area contributed by atoms with Crippen molar-refractivity contribution in [2.45, 2.75) is 31.1 Å². The SMILES string of the molecule is CCCN(CC1CC1)S(=O)(=O)c1cc(C(N)=S)ccc1Cl. The number of hydrogen-bond donors (Lipinski definition) is 1. The highest BCUT2D eigenvalue weighted by molar-refractivity contribution is 7.89. The summed E-state index contributed by atoms with van der Waals surface area (Å²) in [6, 6.07) is 4.63. The highest BCUT2D eigenvalue weighted by Crippen LogP contribution is 2.33. The van der Waals surface area contributed by atoms with Crippen molar-refractivity contribution in [3.8, 4) is 0 Å². The standard InChI is InChI=1S/C14H19ClN2O2S2/c1-2-7-17(9-10-3-4-10)21(18,19)13-8-11(14(16)20)5-6-12(13)15/h5-6,8,10H,2-4,7,9H2,1H3,(H2,16,20). The van der Waals surface area contributed by atoms with Crippen LogP contribution in [0.1, 0.15) is 31.7 Å². The van der Waals surface area contributed by atoms with E-state index in [1.807, 2.05) is 6.92 Å². The molecule has 0 aliphatic heterocycles.